The molecule has 0 heterocycles. The molecule has 1 aromatic rings. The molecule has 0 unspecified atom stereocenters. The molecule has 0 bridgehead atoms. The molecule has 0 aliphatic rings. The van der Waals surface area contributed by atoms with Crippen molar-refractivity contribution in [1.29, 1.82) is 0 Å². The first kappa shape index (κ1) is 14.1. The van der Waals surface area contributed by atoms with Gasteiger partial charge in [-0.15, -0.1) is 0 Å². The van der Waals surface area contributed by atoms with Crippen molar-refractivity contribution in [2.75, 3.05) is 5.32 Å². The molecule has 0 spiro atoms. The van der Waals surface area contributed by atoms with Crippen molar-refractivity contribution in [3.8, 4) is 0 Å². The van der Waals surface area contributed by atoms with E-state index in [4.69, 9.17) is 0 Å². The number of hydrogen-bond donors (Lipinski definition) is 2. The van der Waals surface area contributed by atoms with Crippen molar-refractivity contribution in [2.24, 2.45) is 0 Å². The molecule has 2 N–H and O–H groups in total. The molecule has 1 rings (SSSR count). The second-order valence-corrected chi connectivity index (χ2v) is 3.16. The van der Waals surface area contributed by atoms with Crippen LogP contribution < -0.4 is 10.6 Å². The van der Waals surface area contributed by atoms with E-state index in [1.54, 1.807) is 5.32 Å². The van der Waals surface area contributed by atoms with Gasteiger partial charge in [0.05, 0.1) is 5.56 Å². The van der Waals surface area contributed by atoms with E-state index >= 15 is 0 Å². The number of urea groups is 1. The molecule has 0 aromatic heterocycles. The van der Waals surface area contributed by atoms with Crippen molar-refractivity contribution >= 4 is 11.7 Å². The number of nitrogens with one attached hydrogen (secondary N) is 2. The molecule has 2 amide bonds. The van der Waals surface area contributed by atoms with Gasteiger partial charge < -0.3 is 5.32 Å². The number of amides is 2. The fraction of sp³-hybridized carbons (Fsp3) is 0.222. The number of halogens is 6. The van der Waals surface area contributed by atoms with Gasteiger partial charge in [-0.2, -0.15) is 26.3 Å². The van der Waals surface area contributed by atoms with Crippen molar-refractivity contribution in [2.45, 2.75) is 12.5 Å². The maximum absolute atomic E-state index is 12.3. The number of hydrogen-bond acceptors (Lipinski definition) is 1. The van der Waals surface area contributed by atoms with Crippen LogP contribution in [-0.4, -0.2) is 12.3 Å². The Kier molecular flexibility index (Phi) is 3.73. The third kappa shape index (κ3) is 4.52. The van der Waals surface area contributed by atoms with Gasteiger partial charge in [0.2, 0.25) is 0 Å². The van der Waals surface area contributed by atoms with Gasteiger partial charge in [-0.05, 0) is 18.2 Å². The number of carbonyl (C=O) groups excluding carboxylic acids is 1. The second kappa shape index (κ2) is 4.75. The quantitative estimate of drug-likeness (QED) is 0.597. The van der Waals surface area contributed by atoms with E-state index in [0.717, 1.165) is 18.2 Å². The molecule has 0 saturated heterocycles. The highest BCUT2D eigenvalue weighted by Gasteiger charge is 2.32. The lowest BCUT2D eigenvalue weighted by molar-refractivity contribution is -0.144. The molecule has 1 aromatic carbocycles. The molecule has 0 fully saturated rings. The SMILES string of the molecule is O=C(Nc1cccc(C(F)(F)F)c1)NC(F)(F)F. The summed E-state index contributed by atoms with van der Waals surface area (Å²) in [6.45, 7) is 0. The van der Waals surface area contributed by atoms with Gasteiger partial charge in [-0.1, -0.05) is 6.07 Å². The van der Waals surface area contributed by atoms with Crippen molar-refractivity contribution in [1.82, 2.24) is 5.32 Å². The van der Waals surface area contributed by atoms with Crippen LogP contribution in [-0.2, 0) is 6.18 Å². The summed E-state index contributed by atoms with van der Waals surface area (Å²) < 4.78 is 72.0. The number of carbonyl (C=O) groups is 1. The van der Waals surface area contributed by atoms with Crippen LogP contribution in [0.1, 0.15) is 5.56 Å². The van der Waals surface area contributed by atoms with E-state index < -0.39 is 29.8 Å². The van der Waals surface area contributed by atoms with Gasteiger partial charge in [-0.25, -0.2) is 10.1 Å². The Hall–Kier alpha value is -1.93. The fourth-order valence-corrected chi connectivity index (χ4v) is 1.06. The maximum atomic E-state index is 12.3. The first-order valence-electron chi connectivity index (χ1n) is 4.41. The normalized spacial score (nSPS) is 12.1. The molecular weight excluding hydrogens is 266 g/mol. The van der Waals surface area contributed by atoms with Crippen LogP contribution in [0.2, 0.25) is 0 Å². The molecule has 0 aliphatic heterocycles. The minimum absolute atomic E-state index is 0.397. The van der Waals surface area contributed by atoms with Crippen molar-refractivity contribution in [3.05, 3.63) is 29.8 Å². The average molecular weight is 272 g/mol. The summed E-state index contributed by atoms with van der Waals surface area (Å²) in [6, 6.07) is 1.59. The molecule has 0 radical (unpaired) electrons. The van der Waals surface area contributed by atoms with Crippen LogP contribution in [0.4, 0.5) is 36.8 Å². The Balaban J connectivity index is 2.77. The molecule has 9 heteroatoms. The summed E-state index contributed by atoms with van der Waals surface area (Å²) in [7, 11) is 0. The van der Waals surface area contributed by atoms with E-state index in [0.29, 0.717) is 11.4 Å². The highest BCUT2D eigenvalue weighted by Crippen LogP contribution is 2.30. The van der Waals surface area contributed by atoms with Crippen LogP contribution in [0.5, 0.6) is 0 Å². The van der Waals surface area contributed by atoms with Gasteiger partial charge in [0.25, 0.3) is 0 Å². The van der Waals surface area contributed by atoms with Gasteiger partial charge >= 0.3 is 18.5 Å². The minimum atomic E-state index is -4.95. The second-order valence-electron chi connectivity index (χ2n) is 3.16. The molecule has 0 atom stereocenters. The minimum Gasteiger partial charge on any atom is -0.308 e. The van der Waals surface area contributed by atoms with E-state index in [1.165, 1.54) is 0 Å². The highest BCUT2D eigenvalue weighted by atomic mass is 19.4. The molecule has 3 nitrogen and oxygen atoms in total. The van der Waals surface area contributed by atoms with Gasteiger partial charge in [0.1, 0.15) is 0 Å². The Bertz CT molecular complexity index is 439. The Labute approximate surface area is 96.8 Å². The van der Waals surface area contributed by atoms with Crippen LogP contribution in [0.15, 0.2) is 24.3 Å². The Morgan fingerprint density at radius 1 is 1.06 bits per heavy atom. The average Bonchev–Trinajstić information content (AvgIpc) is 2.13. The van der Waals surface area contributed by atoms with Crippen molar-refractivity contribution < 1.29 is 31.1 Å². The molecule has 0 aliphatic carbocycles. The predicted molar refractivity (Wildman–Crippen MR) is 49.7 cm³/mol. The first-order valence-corrected chi connectivity index (χ1v) is 4.41. The lowest BCUT2D eigenvalue weighted by atomic mass is 10.2. The zero-order valence-electron chi connectivity index (χ0n) is 8.49. The van der Waals surface area contributed by atoms with E-state index in [2.05, 4.69) is 0 Å². The van der Waals surface area contributed by atoms with Gasteiger partial charge in [0, 0.05) is 5.69 Å². The van der Waals surface area contributed by atoms with E-state index in [-0.39, 0.29) is 0 Å². The summed E-state index contributed by atoms with van der Waals surface area (Å²) in [5, 5.41) is 2.24. The Morgan fingerprint density at radius 2 is 1.67 bits per heavy atom. The van der Waals surface area contributed by atoms with Crippen LogP contribution >= 0.6 is 0 Å². The Morgan fingerprint density at radius 3 is 2.17 bits per heavy atom. The third-order valence-corrected chi connectivity index (χ3v) is 1.70. The summed E-state index contributed by atoms with van der Waals surface area (Å²) in [4.78, 5) is 10.8. The summed E-state index contributed by atoms with van der Waals surface area (Å²) in [5.74, 6) is 0. The van der Waals surface area contributed by atoms with E-state index in [1.807, 2.05) is 0 Å². The van der Waals surface area contributed by atoms with Crippen LogP contribution in [0.3, 0.4) is 0 Å². The lowest BCUT2D eigenvalue weighted by Crippen LogP contribution is -2.40. The van der Waals surface area contributed by atoms with Gasteiger partial charge in [0.15, 0.2) is 0 Å². The van der Waals surface area contributed by atoms with Crippen molar-refractivity contribution in [3.63, 3.8) is 0 Å². The predicted octanol–water partition coefficient (Wildman–Crippen LogP) is 3.35. The molecule has 18 heavy (non-hydrogen) atoms. The van der Waals surface area contributed by atoms with Gasteiger partial charge in [-0.3, -0.25) is 0 Å². The van der Waals surface area contributed by atoms with E-state index in [9.17, 15) is 31.1 Å². The summed E-state index contributed by atoms with van der Waals surface area (Å²) in [6.07, 6.45) is -9.59. The third-order valence-electron chi connectivity index (χ3n) is 1.70. The standard InChI is InChI=1S/C9H6F6N2O/c10-8(11,12)5-2-1-3-6(4-5)16-7(18)17-9(13,14)15/h1-4H,(H2,16,17,18). The number of anilines is 1. The van der Waals surface area contributed by atoms with Crippen LogP contribution in [0.25, 0.3) is 0 Å². The topological polar surface area (TPSA) is 41.1 Å². The number of rotatable bonds is 1. The zero-order chi connectivity index (χ0) is 14.0. The lowest BCUT2D eigenvalue weighted by Gasteiger charge is -2.11. The smallest absolute Gasteiger partial charge is 0.308 e. The largest absolute Gasteiger partial charge is 0.485 e. The first-order chi connectivity index (χ1) is 8.08. The maximum Gasteiger partial charge on any atom is 0.485 e. The number of alkyl halides is 6. The summed E-state index contributed by atoms with van der Waals surface area (Å²) in [5.41, 5.74) is -1.47. The highest BCUT2D eigenvalue weighted by molar-refractivity contribution is 5.89. The molecule has 0 saturated carbocycles. The van der Waals surface area contributed by atoms with Crippen LogP contribution in [0, 0.1) is 0 Å². The molecular formula is C9H6F6N2O. The summed E-state index contributed by atoms with van der Waals surface area (Å²) >= 11 is 0. The molecule has 100 valence electrons. The fourth-order valence-electron chi connectivity index (χ4n) is 1.06. The number of benzene rings is 1. The monoisotopic (exact) mass is 272 g/mol. The zero-order valence-corrected chi connectivity index (χ0v) is 8.49.